The molecule has 0 bridgehead atoms. The summed E-state index contributed by atoms with van der Waals surface area (Å²) in [5.41, 5.74) is 3.68. The Kier molecular flexibility index (Phi) is 7.52. The van der Waals surface area contributed by atoms with Crippen LogP contribution in [0.4, 0.5) is 0 Å². The van der Waals surface area contributed by atoms with E-state index in [1.54, 1.807) is 26.2 Å². The Bertz CT molecular complexity index is 967. The standard InChI is InChI=1S/C23H32N2O4S/c1-17(2)21-14-23(18(3)13-22(21)28-4)30(26,27)24-15-19-7-5-6-8-20(19)16-25-9-11-29-12-10-25/h5-8,13-14,17,24H,9-12,15-16H2,1-4H3. The van der Waals surface area contributed by atoms with Gasteiger partial charge in [0.25, 0.3) is 0 Å². The molecule has 0 atom stereocenters. The summed E-state index contributed by atoms with van der Waals surface area (Å²) in [7, 11) is -2.05. The molecule has 1 aliphatic rings. The van der Waals surface area contributed by atoms with E-state index in [1.165, 1.54) is 0 Å². The first-order valence-corrected chi connectivity index (χ1v) is 11.8. The summed E-state index contributed by atoms with van der Waals surface area (Å²) >= 11 is 0. The van der Waals surface area contributed by atoms with Crippen LogP contribution >= 0.6 is 0 Å². The van der Waals surface area contributed by atoms with Crippen molar-refractivity contribution in [2.45, 2.75) is 44.7 Å². The number of sulfonamides is 1. The molecule has 2 aromatic carbocycles. The van der Waals surface area contributed by atoms with Gasteiger partial charge in [-0.2, -0.15) is 0 Å². The number of methoxy groups -OCH3 is 1. The highest BCUT2D eigenvalue weighted by Crippen LogP contribution is 2.31. The van der Waals surface area contributed by atoms with E-state index < -0.39 is 10.0 Å². The molecular formula is C23H32N2O4S. The van der Waals surface area contributed by atoms with Crippen LogP contribution < -0.4 is 9.46 Å². The summed E-state index contributed by atoms with van der Waals surface area (Å²) in [5.74, 6) is 0.876. The molecule has 2 aromatic rings. The second kappa shape index (κ2) is 9.92. The van der Waals surface area contributed by atoms with E-state index in [0.717, 1.165) is 55.3 Å². The summed E-state index contributed by atoms with van der Waals surface area (Å²) in [4.78, 5) is 2.64. The van der Waals surface area contributed by atoms with Crippen LogP contribution in [0, 0.1) is 6.92 Å². The Morgan fingerprint density at radius 3 is 2.43 bits per heavy atom. The monoisotopic (exact) mass is 432 g/mol. The van der Waals surface area contributed by atoms with Crippen molar-refractivity contribution in [2.24, 2.45) is 0 Å². The number of benzene rings is 2. The molecule has 0 amide bonds. The average Bonchev–Trinajstić information content (AvgIpc) is 2.73. The molecule has 0 unspecified atom stereocenters. The zero-order valence-corrected chi connectivity index (χ0v) is 19.1. The molecule has 30 heavy (non-hydrogen) atoms. The number of nitrogens with zero attached hydrogens (tertiary/aromatic N) is 1. The predicted octanol–water partition coefficient (Wildman–Crippen LogP) is 3.44. The van der Waals surface area contributed by atoms with Crippen LogP contribution in [0.1, 0.15) is 42.0 Å². The summed E-state index contributed by atoms with van der Waals surface area (Å²) in [6.45, 7) is 10.2. The Hall–Kier alpha value is -1.93. The van der Waals surface area contributed by atoms with Crippen molar-refractivity contribution >= 4 is 10.0 Å². The first-order chi connectivity index (χ1) is 14.3. The van der Waals surface area contributed by atoms with E-state index in [-0.39, 0.29) is 12.5 Å². The van der Waals surface area contributed by atoms with E-state index in [0.29, 0.717) is 10.5 Å². The van der Waals surface area contributed by atoms with Gasteiger partial charge in [0.15, 0.2) is 0 Å². The molecule has 1 fully saturated rings. The fourth-order valence-electron chi connectivity index (χ4n) is 3.73. The molecule has 0 spiro atoms. The summed E-state index contributed by atoms with van der Waals surface area (Å²) < 4.78 is 39.9. The summed E-state index contributed by atoms with van der Waals surface area (Å²) in [6, 6.07) is 11.5. The lowest BCUT2D eigenvalue weighted by atomic mass is 10.0. The lowest BCUT2D eigenvalue weighted by Crippen LogP contribution is -2.36. The van der Waals surface area contributed by atoms with Gasteiger partial charge >= 0.3 is 0 Å². The molecule has 6 nitrogen and oxygen atoms in total. The number of morpholine rings is 1. The van der Waals surface area contributed by atoms with Gasteiger partial charge < -0.3 is 9.47 Å². The lowest BCUT2D eigenvalue weighted by molar-refractivity contribution is 0.0341. The van der Waals surface area contributed by atoms with Crippen LogP contribution in [-0.4, -0.2) is 46.7 Å². The zero-order valence-electron chi connectivity index (χ0n) is 18.3. The molecule has 0 aromatic heterocycles. The highest BCUT2D eigenvalue weighted by Gasteiger charge is 2.21. The molecule has 0 radical (unpaired) electrons. The van der Waals surface area contributed by atoms with E-state index in [2.05, 4.69) is 15.7 Å². The van der Waals surface area contributed by atoms with Crippen molar-refractivity contribution < 1.29 is 17.9 Å². The Labute approximate surface area is 180 Å². The number of rotatable bonds is 8. The number of hydrogen-bond donors (Lipinski definition) is 1. The van der Waals surface area contributed by atoms with Crippen LogP contribution in [0.2, 0.25) is 0 Å². The van der Waals surface area contributed by atoms with Gasteiger partial charge in [0.05, 0.1) is 25.2 Å². The average molecular weight is 433 g/mol. The molecule has 1 N–H and O–H groups in total. The maximum absolute atomic E-state index is 13.1. The van der Waals surface area contributed by atoms with Gasteiger partial charge in [-0.25, -0.2) is 13.1 Å². The number of nitrogens with one attached hydrogen (secondary N) is 1. The van der Waals surface area contributed by atoms with Gasteiger partial charge in [0, 0.05) is 26.2 Å². The van der Waals surface area contributed by atoms with Gasteiger partial charge in [-0.15, -0.1) is 0 Å². The topological polar surface area (TPSA) is 67.9 Å². The predicted molar refractivity (Wildman–Crippen MR) is 118 cm³/mol. The quantitative estimate of drug-likeness (QED) is 0.692. The van der Waals surface area contributed by atoms with Crippen molar-refractivity contribution in [3.05, 3.63) is 58.7 Å². The zero-order chi connectivity index (χ0) is 21.7. The molecule has 7 heteroatoms. The summed E-state index contributed by atoms with van der Waals surface area (Å²) in [6.07, 6.45) is 0. The first-order valence-electron chi connectivity index (χ1n) is 10.4. The smallest absolute Gasteiger partial charge is 0.241 e. The third kappa shape index (κ3) is 5.40. The molecule has 1 heterocycles. The molecule has 164 valence electrons. The van der Waals surface area contributed by atoms with Gasteiger partial charge in [-0.05, 0) is 47.2 Å². The van der Waals surface area contributed by atoms with Crippen molar-refractivity contribution in [1.82, 2.24) is 9.62 Å². The highest BCUT2D eigenvalue weighted by molar-refractivity contribution is 7.89. The van der Waals surface area contributed by atoms with E-state index in [1.807, 2.05) is 32.0 Å². The highest BCUT2D eigenvalue weighted by atomic mass is 32.2. The van der Waals surface area contributed by atoms with Crippen molar-refractivity contribution in [1.29, 1.82) is 0 Å². The Morgan fingerprint density at radius 2 is 1.80 bits per heavy atom. The molecule has 1 aliphatic heterocycles. The van der Waals surface area contributed by atoms with Crippen LogP contribution in [0.3, 0.4) is 0 Å². The third-order valence-corrected chi connectivity index (χ3v) is 7.05. The number of hydrogen-bond acceptors (Lipinski definition) is 5. The second-order valence-electron chi connectivity index (χ2n) is 8.00. The van der Waals surface area contributed by atoms with Gasteiger partial charge in [-0.3, -0.25) is 4.90 Å². The van der Waals surface area contributed by atoms with Gasteiger partial charge in [-0.1, -0.05) is 38.1 Å². The fraction of sp³-hybridized carbons (Fsp3) is 0.478. The minimum atomic E-state index is -3.66. The van der Waals surface area contributed by atoms with Crippen LogP contribution in [-0.2, 0) is 27.8 Å². The van der Waals surface area contributed by atoms with Crippen molar-refractivity contribution in [3.63, 3.8) is 0 Å². The van der Waals surface area contributed by atoms with Crippen LogP contribution in [0.5, 0.6) is 5.75 Å². The Balaban J connectivity index is 1.80. The molecule has 0 aliphatic carbocycles. The molecule has 0 saturated carbocycles. The van der Waals surface area contributed by atoms with Gasteiger partial charge in [0.1, 0.15) is 5.75 Å². The van der Waals surface area contributed by atoms with Crippen LogP contribution in [0.15, 0.2) is 41.3 Å². The van der Waals surface area contributed by atoms with E-state index >= 15 is 0 Å². The Morgan fingerprint density at radius 1 is 1.13 bits per heavy atom. The van der Waals surface area contributed by atoms with Crippen molar-refractivity contribution in [3.8, 4) is 5.75 Å². The molecular weight excluding hydrogens is 400 g/mol. The van der Waals surface area contributed by atoms with E-state index in [9.17, 15) is 8.42 Å². The SMILES string of the molecule is COc1cc(C)c(S(=O)(=O)NCc2ccccc2CN2CCOCC2)cc1C(C)C. The minimum Gasteiger partial charge on any atom is -0.496 e. The van der Waals surface area contributed by atoms with Crippen LogP contribution in [0.25, 0.3) is 0 Å². The van der Waals surface area contributed by atoms with Gasteiger partial charge in [0.2, 0.25) is 10.0 Å². The number of aryl methyl sites for hydroxylation is 1. The third-order valence-electron chi connectivity index (χ3n) is 5.51. The fourth-order valence-corrected chi connectivity index (χ4v) is 5.00. The number of ether oxygens (including phenoxy) is 2. The molecule has 1 saturated heterocycles. The van der Waals surface area contributed by atoms with Crippen molar-refractivity contribution in [2.75, 3.05) is 33.4 Å². The maximum atomic E-state index is 13.1. The lowest BCUT2D eigenvalue weighted by Gasteiger charge is -2.27. The first kappa shape index (κ1) is 22.7. The maximum Gasteiger partial charge on any atom is 0.241 e. The second-order valence-corrected chi connectivity index (χ2v) is 9.73. The van der Waals surface area contributed by atoms with E-state index in [4.69, 9.17) is 9.47 Å². The largest absolute Gasteiger partial charge is 0.496 e. The minimum absolute atomic E-state index is 0.156. The molecule has 3 rings (SSSR count). The normalized spacial score (nSPS) is 15.5. The summed E-state index contributed by atoms with van der Waals surface area (Å²) in [5, 5.41) is 0.